The molecule has 1 aromatic rings. The van der Waals surface area contributed by atoms with Crippen LogP contribution >= 0.6 is 0 Å². The smallest absolute Gasteiger partial charge is 0.313 e. The monoisotopic (exact) mass is 334 g/mol. The van der Waals surface area contributed by atoms with Crippen LogP contribution in [0.4, 0.5) is 5.69 Å². The molecule has 0 saturated heterocycles. The Morgan fingerprint density at radius 1 is 1.08 bits per heavy atom. The topological polar surface area (TPSA) is 78.4 Å². The second-order valence-corrected chi connectivity index (χ2v) is 6.95. The molecule has 0 spiro atoms. The van der Waals surface area contributed by atoms with Gasteiger partial charge < -0.3 is 15.7 Å². The highest BCUT2D eigenvalue weighted by Gasteiger charge is 2.18. The average Bonchev–Trinajstić information content (AvgIpc) is 2.47. The van der Waals surface area contributed by atoms with Gasteiger partial charge in [0.15, 0.2) is 0 Å². The Kier molecular flexibility index (Phi) is 7.92. The van der Waals surface area contributed by atoms with E-state index in [2.05, 4.69) is 24.5 Å². The summed E-state index contributed by atoms with van der Waals surface area (Å²) in [6.07, 6.45) is 1.52. The zero-order valence-corrected chi connectivity index (χ0v) is 15.4. The maximum atomic E-state index is 12.1. The SMILES string of the molecule is Cc1cc(C)c(NC(=O)C(=O)NCC(CCO)CC(C)C)c(C)c1. The zero-order chi connectivity index (χ0) is 18.3. The minimum Gasteiger partial charge on any atom is -0.396 e. The van der Waals surface area contributed by atoms with Crippen LogP contribution in [0.3, 0.4) is 0 Å². The van der Waals surface area contributed by atoms with Crippen molar-refractivity contribution in [2.75, 3.05) is 18.5 Å². The molecule has 0 aliphatic rings. The van der Waals surface area contributed by atoms with Crippen molar-refractivity contribution < 1.29 is 14.7 Å². The maximum absolute atomic E-state index is 12.1. The first kappa shape index (κ1) is 20.2. The number of hydrogen-bond acceptors (Lipinski definition) is 3. The van der Waals surface area contributed by atoms with Crippen LogP contribution in [-0.2, 0) is 9.59 Å². The van der Waals surface area contributed by atoms with Gasteiger partial charge in [0.1, 0.15) is 0 Å². The lowest BCUT2D eigenvalue weighted by molar-refractivity contribution is -0.136. The van der Waals surface area contributed by atoms with Crippen LogP contribution in [0.25, 0.3) is 0 Å². The first-order valence-corrected chi connectivity index (χ1v) is 8.52. The second-order valence-electron chi connectivity index (χ2n) is 6.95. The zero-order valence-electron chi connectivity index (χ0n) is 15.4. The summed E-state index contributed by atoms with van der Waals surface area (Å²) in [6.45, 7) is 10.5. The van der Waals surface area contributed by atoms with Gasteiger partial charge in [-0.1, -0.05) is 31.5 Å². The van der Waals surface area contributed by atoms with E-state index in [9.17, 15) is 9.59 Å². The highest BCUT2D eigenvalue weighted by molar-refractivity contribution is 6.39. The molecule has 5 heteroatoms. The van der Waals surface area contributed by atoms with Crippen LogP contribution in [0.15, 0.2) is 12.1 Å². The molecular formula is C19H30N2O3. The van der Waals surface area contributed by atoms with Gasteiger partial charge in [-0.2, -0.15) is 0 Å². The molecule has 1 rings (SSSR count). The van der Waals surface area contributed by atoms with Crippen LogP contribution in [0.5, 0.6) is 0 Å². The Morgan fingerprint density at radius 2 is 1.67 bits per heavy atom. The highest BCUT2D eigenvalue weighted by atomic mass is 16.3. The third-order valence-electron chi connectivity index (χ3n) is 4.02. The number of aryl methyl sites for hydroxylation is 3. The van der Waals surface area contributed by atoms with E-state index < -0.39 is 11.8 Å². The second kappa shape index (κ2) is 9.42. The number of carbonyl (C=O) groups is 2. The molecule has 5 nitrogen and oxygen atoms in total. The number of anilines is 1. The van der Waals surface area contributed by atoms with Gasteiger partial charge in [0, 0.05) is 18.8 Å². The van der Waals surface area contributed by atoms with Crippen molar-refractivity contribution in [3.63, 3.8) is 0 Å². The van der Waals surface area contributed by atoms with Crippen LogP contribution < -0.4 is 10.6 Å². The van der Waals surface area contributed by atoms with Crippen molar-refractivity contribution in [1.29, 1.82) is 0 Å². The number of amides is 2. The van der Waals surface area contributed by atoms with Gasteiger partial charge in [0.05, 0.1) is 0 Å². The maximum Gasteiger partial charge on any atom is 0.313 e. The van der Waals surface area contributed by atoms with E-state index in [-0.39, 0.29) is 12.5 Å². The molecule has 0 aliphatic carbocycles. The first-order chi connectivity index (χ1) is 11.2. The predicted molar refractivity (Wildman–Crippen MR) is 96.9 cm³/mol. The van der Waals surface area contributed by atoms with Crippen molar-refractivity contribution in [2.45, 2.75) is 47.5 Å². The van der Waals surface area contributed by atoms with Gasteiger partial charge >= 0.3 is 11.8 Å². The summed E-state index contributed by atoms with van der Waals surface area (Å²) in [7, 11) is 0. The van der Waals surface area contributed by atoms with Crippen molar-refractivity contribution in [2.24, 2.45) is 11.8 Å². The molecule has 0 heterocycles. The van der Waals surface area contributed by atoms with Gasteiger partial charge in [0.2, 0.25) is 0 Å². The Hall–Kier alpha value is -1.88. The Morgan fingerprint density at radius 3 is 2.17 bits per heavy atom. The molecular weight excluding hydrogens is 304 g/mol. The summed E-state index contributed by atoms with van der Waals surface area (Å²) in [5.41, 5.74) is 3.68. The molecule has 1 unspecified atom stereocenters. The van der Waals surface area contributed by atoms with E-state index in [1.54, 1.807) is 0 Å². The molecule has 0 radical (unpaired) electrons. The number of benzene rings is 1. The Labute approximate surface area is 144 Å². The third-order valence-corrected chi connectivity index (χ3v) is 4.02. The highest BCUT2D eigenvalue weighted by Crippen LogP contribution is 2.21. The minimum absolute atomic E-state index is 0.0845. The number of nitrogens with one attached hydrogen (secondary N) is 2. The van der Waals surface area contributed by atoms with Crippen LogP contribution in [0.2, 0.25) is 0 Å². The number of rotatable bonds is 7. The Bertz CT molecular complexity index is 559. The van der Waals surface area contributed by atoms with E-state index in [1.807, 2.05) is 32.9 Å². The number of aliphatic hydroxyl groups is 1. The largest absolute Gasteiger partial charge is 0.396 e. The lowest BCUT2D eigenvalue weighted by Gasteiger charge is -2.18. The molecule has 0 aromatic heterocycles. The van der Waals surface area contributed by atoms with E-state index in [0.717, 1.165) is 23.1 Å². The fourth-order valence-electron chi connectivity index (χ4n) is 3.02. The summed E-state index contributed by atoms with van der Waals surface area (Å²) in [6, 6.07) is 3.95. The van der Waals surface area contributed by atoms with E-state index >= 15 is 0 Å². The van der Waals surface area contributed by atoms with Crippen molar-refractivity contribution in [1.82, 2.24) is 5.32 Å². The Balaban J connectivity index is 2.63. The van der Waals surface area contributed by atoms with Crippen molar-refractivity contribution in [3.8, 4) is 0 Å². The van der Waals surface area contributed by atoms with Gasteiger partial charge in [0.25, 0.3) is 0 Å². The fraction of sp³-hybridized carbons (Fsp3) is 0.579. The normalized spacial score (nSPS) is 12.1. The number of carbonyl (C=O) groups excluding carboxylic acids is 2. The third kappa shape index (κ3) is 6.32. The predicted octanol–water partition coefficient (Wildman–Crippen LogP) is 2.71. The lowest BCUT2D eigenvalue weighted by atomic mass is 9.94. The van der Waals surface area contributed by atoms with Gasteiger partial charge in [-0.05, 0) is 56.6 Å². The van der Waals surface area contributed by atoms with Gasteiger partial charge in [-0.3, -0.25) is 9.59 Å². The molecule has 0 fully saturated rings. The summed E-state index contributed by atoms with van der Waals surface area (Å²) in [5.74, 6) is -0.641. The van der Waals surface area contributed by atoms with Crippen molar-refractivity contribution >= 4 is 17.5 Å². The average molecular weight is 334 g/mol. The standard InChI is InChI=1S/C19H30N2O3/c1-12(2)8-16(6-7-22)11-20-18(23)19(24)21-17-14(4)9-13(3)10-15(17)5/h9-10,12,16,22H,6-8,11H2,1-5H3,(H,20,23)(H,21,24). The van der Waals surface area contributed by atoms with E-state index in [0.29, 0.717) is 24.6 Å². The molecule has 0 bridgehead atoms. The van der Waals surface area contributed by atoms with E-state index in [1.165, 1.54) is 0 Å². The summed E-state index contributed by atoms with van der Waals surface area (Å²) < 4.78 is 0. The minimum atomic E-state index is -0.655. The molecule has 3 N–H and O–H groups in total. The summed E-state index contributed by atoms with van der Waals surface area (Å²) in [4.78, 5) is 24.2. The van der Waals surface area contributed by atoms with Gasteiger partial charge in [-0.25, -0.2) is 0 Å². The summed E-state index contributed by atoms with van der Waals surface area (Å²) in [5, 5.41) is 14.5. The van der Waals surface area contributed by atoms with Gasteiger partial charge in [-0.15, -0.1) is 0 Å². The molecule has 2 amide bonds. The molecule has 134 valence electrons. The lowest BCUT2D eigenvalue weighted by Crippen LogP contribution is -2.38. The number of aliphatic hydroxyl groups excluding tert-OH is 1. The van der Waals surface area contributed by atoms with Crippen molar-refractivity contribution in [3.05, 3.63) is 28.8 Å². The first-order valence-electron chi connectivity index (χ1n) is 8.52. The fourth-order valence-corrected chi connectivity index (χ4v) is 3.02. The van der Waals surface area contributed by atoms with E-state index in [4.69, 9.17) is 5.11 Å². The molecule has 0 saturated carbocycles. The molecule has 24 heavy (non-hydrogen) atoms. The van der Waals surface area contributed by atoms with Crippen LogP contribution in [0, 0.1) is 32.6 Å². The molecule has 0 aliphatic heterocycles. The number of hydrogen-bond donors (Lipinski definition) is 3. The van der Waals surface area contributed by atoms with Crippen LogP contribution in [0.1, 0.15) is 43.4 Å². The molecule has 1 aromatic carbocycles. The quantitative estimate of drug-likeness (QED) is 0.671. The van der Waals surface area contributed by atoms with Crippen LogP contribution in [-0.4, -0.2) is 30.1 Å². The summed E-state index contributed by atoms with van der Waals surface area (Å²) >= 11 is 0. The molecule has 1 atom stereocenters.